The SMILES string of the molecule is COc1ccc(CC(N)Cc2ccsc2)cn1. The first-order chi connectivity index (χ1) is 8.28. The lowest BCUT2D eigenvalue weighted by molar-refractivity contribution is 0.397. The molecule has 90 valence electrons. The van der Waals surface area contributed by atoms with E-state index in [9.17, 15) is 0 Å². The molecule has 0 fully saturated rings. The average Bonchev–Trinajstić information content (AvgIpc) is 2.82. The van der Waals surface area contributed by atoms with Gasteiger partial charge in [-0.3, -0.25) is 0 Å². The van der Waals surface area contributed by atoms with E-state index in [2.05, 4.69) is 21.8 Å². The third-order valence-corrected chi connectivity index (χ3v) is 3.31. The van der Waals surface area contributed by atoms with Gasteiger partial charge in [-0.15, -0.1) is 0 Å². The monoisotopic (exact) mass is 248 g/mol. The number of rotatable bonds is 5. The zero-order valence-corrected chi connectivity index (χ0v) is 10.6. The maximum Gasteiger partial charge on any atom is 0.212 e. The van der Waals surface area contributed by atoms with Crippen molar-refractivity contribution in [2.45, 2.75) is 18.9 Å². The lowest BCUT2D eigenvalue weighted by Gasteiger charge is -2.10. The standard InChI is InChI=1S/C13H16N2OS/c1-16-13-3-2-10(8-15-13)6-12(14)7-11-4-5-17-9-11/h2-5,8-9,12H,6-7,14H2,1H3. The molecule has 3 nitrogen and oxygen atoms in total. The fourth-order valence-electron chi connectivity index (χ4n) is 1.74. The molecule has 2 aromatic heterocycles. The number of pyridine rings is 1. The van der Waals surface area contributed by atoms with E-state index in [0.717, 1.165) is 18.4 Å². The van der Waals surface area contributed by atoms with Gasteiger partial charge < -0.3 is 10.5 Å². The molecule has 17 heavy (non-hydrogen) atoms. The van der Waals surface area contributed by atoms with Crippen molar-refractivity contribution in [1.82, 2.24) is 4.98 Å². The molecule has 2 heterocycles. The summed E-state index contributed by atoms with van der Waals surface area (Å²) in [6.45, 7) is 0. The van der Waals surface area contributed by atoms with Gasteiger partial charge in [-0.1, -0.05) is 6.07 Å². The maximum atomic E-state index is 6.11. The van der Waals surface area contributed by atoms with Crippen molar-refractivity contribution in [2.24, 2.45) is 5.73 Å². The van der Waals surface area contributed by atoms with Crippen LogP contribution in [0.3, 0.4) is 0 Å². The first-order valence-electron chi connectivity index (χ1n) is 5.53. The highest BCUT2D eigenvalue weighted by atomic mass is 32.1. The van der Waals surface area contributed by atoms with Crippen LogP contribution in [0.5, 0.6) is 5.88 Å². The Kier molecular flexibility index (Phi) is 4.12. The molecule has 0 bridgehead atoms. The fraction of sp³-hybridized carbons (Fsp3) is 0.308. The first-order valence-corrected chi connectivity index (χ1v) is 6.48. The molecule has 1 unspecified atom stereocenters. The van der Waals surface area contributed by atoms with E-state index >= 15 is 0 Å². The van der Waals surface area contributed by atoms with E-state index < -0.39 is 0 Å². The van der Waals surface area contributed by atoms with Gasteiger partial charge in [0.25, 0.3) is 0 Å². The molecule has 4 heteroatoms. The van der Waals surface area contributed by atoms with Crippen molar-refractivity contribution < 1.29 is 4.74 Å². The molecular formula is C13H16N2OS. The van der Waals surface area contributed by atoms with Crippen LogP contribution in [0, 0.1) is 0 Å². The highest BCUT2D eigenvalue weighted by molar-refractivity contribution is 7.07. The molecule has 2 rings (SSSR count). The topological polar surface area (TPSA) is 48.1 Å². The highest BCUT2D eigenvalue weighted by Gasteiger charge is 2.06. The Morgan fingerprint density at radius 2 is 2.12 bits per heavy atom. The summed E-state index contributed by atoms with van der Waals surface area (Å²) in [4.78, 5) is 4.17. The van der Waals surface area contributed by atoms with Crippen LogP contribution in [0.25, 0.3) is 0 Å². The van der Waals surface area contributed by atoms with Crippen LogP contribution in [0.15, 0.2) is 35.2 Å². The van der Waals surface area contributed by atoms with Crippen LogP contribution in [-0.2, 0) is 12.8 Å². The van der Waals surface area contributed by atoms with E-state index in [4.69, 9.17) is 10.5 Å². The number of hydrogen-bond donors (Lipinski definition) is 1. The molecule has 2 aromatic rings. The Balaban J connectivity index is 1.91. The minimum Gasteiger partial charge on any atom is -0.481 e. The Morgan fingerprint density at radius 1 is 1.29 bits per heavy atom. The lowest BCUT2D eigenvalue weighted by Crippen LogP contribution is -2.25. The van der Waals surface area contributed by atoms with Gasteiger partial charge in [0, 0.05) is 18.3 Å². The Hall–Kier alpha value is -1.39. The summed E-state index contributed by atoms with van der Waals surface area (Å²) in [7, 11) is 1.62. The number of methoxy groups -OCH3 is 1. The number of nitrogens with two attached hydrogens (primary N) is 1. The van der Waals surface area contributed by atoms with Gasteiger partial charge in [-0.25, -0.2) is 4.98 Å². The molecule has 0 saturated heterocycles. The van der Waals surface area contributed by atoms with Gasteiger partial charge in [0.05, 0.1) is 7.11 Å². The van der Waals surface area contributed by atoms with Crippen molar-refractivity contribution in [3.05, 3.63) is 46.3 Å². The molecule has 0 spiro atoms. The molecule has 0 saturated carbocycles. The summed E-state index contributed by atoms with van der Waals surface area (Å²) >= 11 is 1.71. The van der Waals surface area contributed by atoms with Crippen molar-refractivity contribution in [1.29, 1.82) is 0 Å². The molecule has 0 aromatic carbocycles. The van der Waals surface area contributed by atoms with Gasteiger partial charge >= 0.3 is 0 Å². The number of nitrogens with zero attached hydrogens (tertiary/aromatic N) is 1. The van der Waals surface area contributed by atoms with Crippen molar-refractivity contribution in [2.75, 3.05) is 7.11 Å². The molecule has 0 radical (unpaired) electrons. The Bertz CT molecular complexity index is 439. The van der Waals surface area contributed by atoms with E-state index in [1.165, 1.54) is 5.56 Å². The Morgan fingerprint density at radius 3 is 2.71 bits per heavy atom. The lowest BCUT2D eigenvalue weighted by atomic mass is 10.0. The summed E-state index contributed by atoms with van der Waals surface area (Å²) in [6, 6.07) is 6.14. The third-order valence-electron chi connectivity index (χ3n) is 2.58. The summed E-state index contributed by atoms with van der Waals surface area (Å²) in [5.74, 6) is 0.639. The van der Waals surface area contributed by atoms with Gasteiger partial charge in [-0.05, 0) is 40.8 Å². The van der Waals surface area contributed by atoms with Gasteiger partial charge in [0.2, 0.25) is 5.88 Å². The van der Waals surface area contributed by atoms with Crippen LogP contribution in [0.1, 0.15) is 11.1 Å². The van der Waals surface area contributed by atoms with E-state index in [0.29, 0.717) is 5.88 Å². The largest absolute Gasteiger partial charge is 0.481 e. The molecule has 2 N–H and O–H groups in total. The van der Waals surface area contributed by atoms with E-state index in [1.54, 1.807) is 18.4 Å². The molecule has 0 aliphatic heterocycles. The van der Waals surface area contributed by atoms with Crippen LogP contribution >= 0.6 is 11.3 Å². The minimum absolute atomic E-state index is 0.139. The molecule has 0 aliphatic rings. The number of hydrogen-bond acceptors (Lipinski definition) is 4. The molecule has 1 atom stereocenters. The van der Waals surface area contributed by atoms with E-state index in [1.807, 2.05) is 18.3 Å². The van der Waals surface area contributed by atoms with Gasteiger partial charge in [-0.2, -0.15) is 11.3 Å². The number of ether oxygens (including phenoxy) is 1. The van der Waals surface area contributed by atoms with Crippen molar-refractivity contribution >= 4 is 11.3 Å². The summed E-state index contributed by atoms with van der Waals surface area (Å²) in [5, 5.41) is 4.23. The van der Waals surface area contributed by atoms with Gasteiger partial charge in [0.15, 0.2) is 0 Å². The predicted molar refractivity (Wildman–Crippen MR) is 70.5 cm³/mol. The van der Waals surface area contributed by atoms with Crippen molar-refractivity contribution in [3.63, 3.8) is 0 Å². The van der Waals surface area contributed by atoms with E-state index in [-0.39, 0.29) is 6.04 Å². The second kappa shape index (κ2) is 5.80. The summed E-state index contributed by atoms with van der Waals surface area (Å²) in [6.07, 6.45) is 3.58. The summed E-state index contributed by atoms with van der Waals surface area (Å²) < 4.78 is 5.02. The van der Waals surface area contributed by atoms with Crippen LogP contribution in [-0.4, -0.2) is 18.1 Å². The smallest absolute Gasteiger partial charge is 0.212 e. The average molecular weight is 248 g/mol. The minimum atomic E-state index is 0.139. The summed E-state index contributed by atoms with van der Waals surface area (Å²) in [5.41, 5.74) is 8.57. The normalized spacial score (nSPS) is 12.4. The van der Waals surface area contributed by atoms with Crippen LogP contribution < -0.4 is 10.5 Å². The van der Waals surface area contributed by atoms with Gasteiger partial charge in [0.1, 0.15) is 0 Å². The quantitative estimate of drug-likeness (QED) is 0.883. The zero-order valence-electron chi connectivity index (χ0n) is 9.80. The Labute approximate surface area is 105 Å². The fourth-order valence-corrected chi connectivity index (χ4v) is 2.42. The second-order valence-electron chi connectivity index (χ2n) is 4.01. The molecular weight excluding hydrogens is 232 g/mol. The van der Waals surface area contributed by atoms with Crippen LogP contribution in [0.2, 0.25) is 0 Å². The first kappa shape index (κ1) is 12.1. The number of aromatic nitrogens is 1. The predicted octanol–water partition coefficient (Wildman–Crippen LogP) is 2.26. The number of thiophene rings is 1. The van der Waals surface area contributed by atoms with Crippen LogP contribution in [0.4, 0.5) is 0 Å². The van der Waals surface area contributed by atoms with Crippen molar-refractivity contribution in [3.8, 4) is 5.88 Å². The highest BCUT2D eigenvalue weighted by Crippen LogP contribution is 2.12. The molecule has 0 amide bonds. The zero-order chi connectivity index (χ0) is 12.1. The second-order valence-corrected chi connectivity index (χ2v) is 4.79. The third kappa shape index (κ3) is 3.54. The maximum absolute atomic E-state index is 6.11. The molecule has 0 aliphatic carbocycles.